The van der Waals surface area contributed by atoms with Crippen LogP contribution >= 0.6 is 20.1 Å². The molecule has 1 aliphatic heterocycles. The van der Waals surface area contributed by atoms with Crippen molar-refractivity contribution in [1.82, 2.24) is 0 Å². The Labute approximate surface area is 462 Å². The van der Waals surface area contributed by atoms with E-state index < -0.39 is 20.1 Å². The molecule has 2 nitrogen and oxygen atoms in total. The fourth-order valence-corrected chi connectivity index (χ4v) is 14.3. The molecule has 4 heteroatoms. The summed E-state index contributed by atoms with van der Waals surface area (Å²) in [4.78, 5) is 7.84. The molecule has 0 amide bonds. The van der Waals surface area contributed by atoms with Crippen molar-refractivity contribution in [3.63, 3.8) is 0 Å². The summed E-state index contributed by atoms with van der Waals surface area (Å²) in [5, 5.41) is 12.1. The highest BCUT2D eigenvalue weighted by molar-refractivity contribution is 8.39. The van der Waals surface area contributed by atoms with Crippen LogP contribution in [0.4, 0.5) is 34.1 Å². The number of hydrogen-bond donors (Lipinski definition) is 0. The minimum atomic E-state index is -0.930. The van der Waals surface area contributed by atoms with E-state index in [0.717, 1.165) is 50.8 Å². The number of hydrogen-bond acceptors (Lipinski definition) is 2. The largest absolute Gasteiger partial charge is 0.310 e. The van der Waals surface area contributed by atoms with E-state index in [2.05, 4.69) is 268 Å². The van der Waals surface area contributed by atoms with Gasteiger partial charge in [-0.2, -0.15) is 0 Å². The van der Waals surface area contributed by atoms with Gasteiger partial charge < -0.3 is 9.80 Å². The molecule has 0 N–H and O–H groups in total. The third-order valence-electron chi connectivity index (χ3n) is 15.2. The van der Waals surface area contributed by atoms with Crippen LogP contribution in [-0.4, -0.2) is 36.5 Å². The predicted molar refractivity (Wildman–Crippen MR) is 350 cm³/mol. The van der Waals surface area contributed by atoms with Gasteiger partial charge in [0.1, 0.15) is 0 Å². The Kier molecular flexibility index (Phi) is 15.5. The van der Waals surface area contributed by atoms with Crippen LogP contribution in [0.5, 0.6) is 0 Å². The number of allylic oxidation sites excluding steroid dienone is 4. The first-order chi connectivity index (χ1) is 37.5. The molecule has 11 aromatic carbocycles. The van der Waals surface area contributed by atoms with Gasteiger partial charge in [-0.15, -0.1) is 0 Å². The SMILES string of the molecule is C=C/C=C(\C=C)c1c(-c2ccccc2)c2ccc(N(c3ccc(S4(C)CC4)cc3)c3ccc4ccccc4c3)c3ccc4c(N(c5ccc(S(C)(C)C)cc5)c5ccc6ccccc6c5)ccc1c4c32.CC.CCCCC. The van der Waals surface area contributed by atoms with Crippen LogP contribution in [0.3, 0.4) is 0 Å². The molecule has 1 fully saturated rings. The van der Waals surface area contributed by atoms with Gasteiger partial charge in [0.15, 0.2) is 0 Å². The van der Waals surface area contributed by atoms with Crippen LogP contribution < -0.4 is 9.80 Å². The molecule has 388 valence electrons. The van der Waals surface area contributed by atoms with Gasteiger partial charge in [-0.05, 0) is 186 Å². The number of anilines is 6. The zero-order valence-corrected chi connectivity index (χ0v) is 48.1. The second-order valence-corrected chi connectivity index (χ2v) is 28.9. The minimum Gasteiger partial charge on any atom is -0.310 e. The molecule has 0 aromatic heterocycles. The van der Waals surface area contributed by atoms with Gasteiger partial charge >= 0.3 is 0 Å². The average Bonchev–Trinajstić information content (AvgIpc) is 4.38. The first-order valence-electron chi connectivity index (χ1n) is 27.5. The molecule has 0 atom stereocenters. The second kappa shape index (κ2) is 22.6. The smallest absolute Gasteiger partial charge is 0.0540 e. The summed E-state index contributed by atoms with van der Waals surface area (Å²) >= 11 is 0. The number of rotatable bonds is 14. The van der Waals surface area contributed by atoms with Crippen LogP contribution in [0.1, 0.15) is 52.5 Å². The van der Waals surface area contributed by atoms with Crippen molar-refractivity contribution in [2.45, 2.75) is 56.7 Å². The lowest BCUT2D eigenvalue weighted by molar-refractivity contribution is 0.772. The third kappa shape index (κ3) is 10.3. The molecule has 0 radical (unpaired) electrons. The van der Waals surface area contributed by atoms with Gasteiger partial charge in [0.25, 0.3) is 0 Å². The Balaban J connectivity index is 0.000000910. The first-order valence-corrected chi connectivity index (χ1v) is 32.8. The van der Waals surface area contributed by atoms with Crippen molar-refractivity contribution in [2.75, 3.05) is 46.3 Å². The van der Waals surface area contributed by atoms with E-state index in [1.807, 2.05) is 26.0 Å². The number of nitrogens with zero attached hydrogens (tertiary/aromatic N) is 2. The molecule has 1 heterocycles. The summed E-state index contributed by atoms with van der Waals surface area (Å²) in [6, 6.07) is 75.1. The fourth-order valence-electron chi connectivity index (χ4n) is 11.0. The van der Waals surface area contributed by atoms with E-state index in [9.17, 15) is 0 Å². The number of benzene rings is 11. The van der Waals surface area contributed by atoms with Crippen molar-refractivity contribution in [3.05, 3.63) is 237 Å². The summed E-state index contributed by atoms with van der Waals surface area (Å²) in [7, 11) is -1.61. The predicted octanol–water partition coefficient (Wildman–Crippen LogP) is 22.3. The van der Waals surface area contributed by atoms with Gasteiger partial charge in [-0.3, -0.25) is 0 Å². The quantitative estimate of drug-likeness (QED) is 0.0608. The van der Waals surface area contributed by atoms with Crippen LogP contribution in [0.2, 0.25) is 0 Å². The lowest BCUT2D eigenvalue weighted by Crippen LogP contribution is -2.12. The maximum Gasteiger partial charge on any atom is 0.0540 e. The molecular formula is C73H74N2S2. The molecule has 0 aliphatic carbocycles. The summed E-state index contributed by atoms with van der Waals surface area (Å²) in [6.45, 7) is 17.0. The average molecular weight is 1040 g/mol. The molecule has 0 unspecified atom stereocenters. The third-order valence-corrected chi connectivity index (χ3v) is 20.0. The highest BCUT2D eigenvalue weighted by atomic mass is 32.3. The summed E-state index contributed by atoms with van der Waals surface area (Å²) in [5.74, 6) is 2.64. The zero-order chi connectivity index (χ0) is 53.8. The molecule has 0 bridgehead atoms. The Morgan fingerprint density at radius 1 is 0.506 bits per heavy atom. The van der Waals surface area contributed by atoms with Crippen molar-refractivity contribution in [1.29, 1.82) is 0 Å². The zero-order valence-electron chi connectivity index (χ0n) is 46.4. The normalized spacial score (nSPS) is 13.6. The summed E-state index contributed by atoms with van der Waals surface area (Å²) < 4.78 is 0. The van der Waals surface area contributed by atoms with Gasteiger partial charge in [0, 0.05) is 44.3 Å². The van der Waals surface area contributed by atoms with Gasteiger partial charge in [-0.1, -0.05) is 194 Å². The van der Waals surface area contributed by atoms with E-state index in [1.54, 1.807) is 0 Å². The van der Waals surface area contributed by atoms with Crippen LogP contribution in [0.15, 0.2) is 241 Å². The van der Waals surface area contributed by atoms with Crippen molar-refractivity contribution in [2.24, 2.45) is 0 Å². The Bertz CT molecular complexity index is 3910. The van der Waals surface area contributed by atoms with Crippen molar-refractivity contribution >= 4 is 114 Å². The Hall–Kier alpha value is -7.50. The number of fused-ring (bicyclic) bond motifs is 2. The summed E-state index contributed by atoms with van der Waals surface area (Å²) in [6.07, 6.45) is 19.6. The van der Waals surface area contributed by atoms with Crippen LogP contribution in [0.25, 0.3) is 70.6 Å². The maximum atomic E-state index is 4.42. The molecule has 1 saturated heterocycles. The lowest BCUT2D eigenvalue weighted by Gasteiger charge is -2.32. The molecule has 1 aliphatic rings. The Morgan fingerprint density at radius 3 is 1.43 bits per heavy atom. The van der Waals surface area contributed by atoms with E-state index >= 15 is 0 Å². The molecule has 12 rings (SSSR count). The second-order valence-electron chi connectivity index (χ2n) is 20.9. The minimum absolute atomic E-state index is 0.682. The topological polar surface area (TPSA) is 6.48 Å². The maximum absolute atomic E-state index is 4.42. The van der Waals surface area contributed by atoms with Crippen molar-refractivity contribution < 1.29 is 0 Å². The highest BCUT2D eigenvalue weighted by Crippen LogP contribution is 2.65. The van der Waals surface area contributed by atoms with E-state index in [0.29, 0.717) is 0 Å². The molecular weight excluding hydrogens is 969 g/mol. The molecule has 0 spiro atoms. The van der Waals surface area contributed by atoms with Gasteiger partial charge in [-0.25, -0.2) is 20.1 Å². The highest BCUT2D eigenvalue weighted by Gasteiger charge is 2.33. The van der Waals surface area contributed by atoms with Gasteiger partial charge in [0.05, 0.1) is 11.4 Å². The van der Waals surface area contributed by atoms with E-state index in [4.69, 9.17) is 0 Å². The number of unbranched alkanes of at least 4 members (excludes halogenated alkanes) is 2. The molecule has 77 heavy (non-hydrogen) atoms. The van der Waals surface area contributed by atoms with Crippen LogP contribution in [0, 0.1) is 0 Å². The lowest BCUT2D eigenvalue weighted by atomic mass is 9.81. The molecule has 0 saturated carbocycles. The fraction of sp³-hybridized carbons (Fsp3) is 0.178. The monoisotopic (exact) mass is 1040 g/mol. The summed E-state index contributed by atoms with van der Waals surface area (Å²) in [5.41, 5.74) is 11.3. The molecule has 11 aromatic rings. The van der Waals surface area contributed by atoms with E-state index in [1.165, 1.54) is 100.0 Å². The Morgan fingerprint density at radius 2 is 0.961 bits per heavy atom. The van der Waals surface area contributed by atoms with Crippen LogP contribution in [-0.2, 0) is 0 Å². The van der Waals surface area contributed by atoms with Crippen molar-refractivity contribution in [3.8, 4) is 11.1 Å². The first kappa shape index (κ1) is 52.9. The standard InChI is InChI=1S/C66H56N2S2.C5H12.C2H6/c1-7-16-45(8-2)63-59-37-39-61(67(51-27-31-55(32-28-51)69(3,4)5)53-25-23-46-17-12-14-21-49(46)43-53)57-35-36-58-62(40-38-60(66(58)65(57)59)64(63)48-19-10-9-11-20-48)68(52-29-33-56(34-30-52)70(6)41-42-70)54-26-24-47-18-13-15-22-50(47)44-54;1-3-5-4-2;1-2/h7-40,43-44H,1-2,41-42H2,3-6H3;3-5H2,1-2H3;1-2H3/b45-16+;;. The van der Waals surface area contributed by atoms with Gasteiger partial charge in [0.2, 0.25) is 0 Å². The van der Waals surface area contributed by atoms with E-state index in [-0.39, 0.29) is 0 Å².